The second-order valence-corrected chi connectivity index (χ2v) is 7.04. The van der Waals surface area contributed by atoms with E-state index < -0.39 is 0 Å². The minimum Gasteiger partial charge on any atom is -0.379 e. The molecule has 4 rings (SSSR count). The minimum atomic E-state index is -0.238. The van der Waals surface area contributed by atoms with Crippen LogP contribution < -0.4 is 5.32 Å². The zero-order valence-electron chi connectivity index (χ0n) is 16.3. The third-order valence-electron chi connectivity index (χ3n) is 4.85. The molecule has 2 aromatic heterocycles. The van der Waals surface area contributed by atoms with E-state index in [1.165, 1.54) is 5.56 Å². The highest BCUT2D eigenvalue weighted by Gasteiger charge is 2.13. The molecule has 152 valence electrons. The van der Waals surface area contributed by atoms with Crippen molar-refractivity contribution in [3.05, 3.63) is 65.7 Å². The Hall–Kier alpha value is -3.04. The molecule has 0 saturated carbocycles. The Balaban J connectivity index is 1.24. The summed E-state index contributed by atoms with van der Waals surface area (Å²) < 4.78 is 8.92. The van der Waals surface area contributed by atoms with Crippen molar-refractivity contribution in [3.8, 4) is 0 Å². The molecular weight excluding hydrogens is 370 g/mol. The minimum absolute atomic E-state index is 0.238. The van der Waals surface area contributed by atoms with E-state index in [1.807, 2.05) is 29.1 Å². The Bertz CT molecular complexity index is 916. The van der Waals surface area contributed by atoms with Crippen LogP contribution in [0.15, 0.2) is 48.9 Å². The molecule has 29 heavy (non-hydrogen) atoms. The van der Waals surface area contributed by atoms with Crippen molar-refractivity contribution < 1.29 is 9.53 Å². The zero-order chi connectivity index (χ0) is 19.9. The van der Waals surface area contributed by atoms with Crippen molar-refractivity contribution in [2.45, 2.75) is 19.6 Å². The highest BCUT2D eigenvalue weighted by Crippen LogP contribution is 2.04. The average Bonchev–Trinajstić information content (AvgIpc) is 3.42. The molecular formula is C20H25N7O2. The number of benzene rings is 1. The maximum atomic E-state index is 12.4. The van der Waals surface area contributed by atoms with E-state index >= 15 is 0 Å². The molecule has 1 N–H and O–H groups in total. The van der Waals surface area contributed by atoms with Crippen LogP contribution in [-0.4, -0.2) is 68.4 Å². The average molecular weight is 395 g/mol. The summed E-state index contributed by atoms with van der Waals surface area (Å²) in [5.41, 5.74) is 2.44. The van der Waals surface area contributed by atoms with Crippen LogP contribution >= 0.6 is 0 Å². The van der Waals surface area contributed by atoms with Crippen molar-refractivity contribution in [2.75, 3.05) is 32.8 Å². The number of aromatic nitrogens is 5. The summed E-state index contributed by atoms with van der Waals surface area (Å²) in [6.07, 6.45) is 5.39. The largest absolute Gasteiger partial charge is 0.379 e. The van der Waals surface area contributed by atoms with Crippen LogP contribution in [0.4, 0.5) is 0 Å². The predicted octanol–water partition coefficient (Wildman–Crippen LogP) is 0.785. The van der Waals surface area contributed by atoms with Crippen molar-refractivity contribution >= 4 is 5.91 Å². The Kier molecular flexibility index (Phi) is 6.28. The summed E-state index contributed by atoms with van der Waals surface area (Å²) in [4.78, 5) is 14.7. The molecule has 9 nitrogen and oxygen atoms in total. The summed E-state index contributed by atoms with van der Waals surface area (Å²) in [5.74, 6) is -0.238. The van der Waals surface area contributed by atoms with Gasteiger partial charge in [0.2, 0.25) is 0 Å². The van der Waals surface area contributed by atoms with E-state index in [9.17, 15) is 4.79 Å². The SMILES string of the molecule is O=C(NCc1cnn(Cc2ccccc2)c1)c1cn(CCN2CCOCC2)nn1. The molecule has 9 heteroatoms. The monoisotopic (exact) mass is 395 g/mol. The number of morpholine rings is 1. The molecule has 1 amide bonds. The maximum Gasteiger partial charge on any atom is 0.273 e. The third-order valence-corrected chi connectivity index (χ3v) is 4.85. The number of ether oxygens (including phenoxy) is 1. The van der Waals surface area contributed by atoms with Crippen molar-refractivity contribution in [3.63, 3.8) is 0 Å². The van der Waals surface area contributed by atoms with Gasteiger partial charge in [-0.15, -0.1) is 5.10 Å². The van der Waals surface area contributed by atoms with Gasteiger partial charge in [-0.05, 0) is 5.56 Å². The van der Waals surface area contributed by atoms with Gasteiger partial charge in [-0.25, -0.2) is 0 Å². The first kappa shape index (κ1) is 19.3. The van der Waals surface area contributed by atoms with Gasteiger partial charge in [0.15, 0.2) is 5.69 Å². The van der Waals surface area contributed by atoms with Crippen LogP contribution in [0.25, 0.3) is 0 Å². The number of hydrogen-bond donors (Lipinski definition) is 1. The molecule has 1 fully saturated rings. The lowest BCUT2D eigenvalue weighted by Crippen LogP contribution is -2.38. The number of amides is 1. The normalized spacial score (nSPS) is 14.8. The Labute approximate surface area is 169 Å². The molecule has 1 aromatic carbocycles. The van der Waals surface area contributed by atoms with E-state index in [-0.39, 0.29) is 5.91 Å². The summed E-state index contributed by atoms with van der Waals surface area (Å²) in [5, 5.41) is 15.3. The quantitative estimate of drug-likeness (QED) is 0.606. The Morgan fingerprint density at radius 2 is 1.86 bits per heavy atom. The van der Waals surface area contributed by atoms with Gasteiger partial charge in [0.05, 0.1) is 38.7 Å². The van der Waals surface area contributed by atoms with Gasteiger partial charge >= 0.3 is 0 Å². The van der Waals surface area contributed by atoms with Gasteiger partial charge < -0.3 is 10.1 Å². The van der Waals surface area contributed by atoms with Crippen LogP contribution in [0.2, 0.25) is 0 Å². The first-order chi connectivity index (χ1) is 14.3. The van der Waals surface area contributed by atoms with Crippen LogP contribution in [0.3, 0.4) is 0 Å². The van der Waals surface area contributed by atoms with Crippen LogP contribution in [0.1, 0.15) is 21.6 Å². The van der Waals surface area contributed by atoms with Gasteiger partial charge in [0.1, 0.15) is 0 Å². The summed E-state index contributed by atoms with van der Waals surface area (Å²) in [7, 11) is 0. The molecule has 0 atom stereocenters. The summed E-state index contributed by atoms with van der Waals surface area (Å²) in [6, 6.07) is 10.1. The fourth-order valence-electron chi connectivity index (χ4n) is 3.21. The van der Waals surface area contributed by atoms with Gasteiger partial charge in [0, 0.05) is 37.9 Å². The fourth-order valence-corrected chi connectivity index (χ4v) is 3.21. The number of nitrogens with one attached hydrogen (secondary N) is 1. The smallest absolute Gasteiger partial charge is 0.273 e. The molecule has 0 unspecified atom stereocenters. The Morgan fingerprint density at radius 1 is 1.03 bits per heavy atom. The van der Waals surface area contributed by atoms with E-state index in [1.54, 1.807) is 17.1 Å². The third kappa shape index (κ3) is 5.49. The Morgan fingerprint density at radius 3 is 2.69 bits per heavy atom. The lowest BCUT2D eigenvalue weighted by Gasteiger charge is -2.26. The number of hydrogen-bond acceptors (Lipinski definition) is 6. The van der Waals surface area contributed by atoms with E-state index in [2.05, 4.69) is 37.8 Å². The van der Waals surface area contributed by atoms with Gasteiger partial charge in [0.25, 0.3) is 5.91 Å². The molecule has 3 heterocycles. The molecule has 0 aliphatic carbocycles. The molecule has 1 saturated heterocycles. The fraction of sp³-hybridized carbons (Fsp3) is 0.400. The van der Waals surface area contributed by atoms with Crippen molar-refractivity contribution in [1.29, 1.82) is 0 Å². The topological polar surface area (TPSA) is 90.1 Å². The van der Waals surface area contributed by atoms with E-state index in [4.69, 9.17) is 4.74 Å². The van der Waals surface area contributed by atoms with Gasteiger partial charge in [-0.2, -0.15) is 5.10 Å². The van der Waals surface area contributed by atoms with Crippen LogP contribution in [0, 0.1) is 0 Å². The van der Waals surface area contributed by atoms with Crippen molar-refractivity contribution in [1.82, 2.24) is 35.0 Å². The summed E-state index contributed by atoms with van der Waals surface area (Å²) in [6.45, 7) is 6.07. The number of rotatable bonds is 8. The number of carbonyl (C=O) groups is 1. The van der Waals surface area contributed by atoms with Crippen molar-refractivity contribution in [2.24, 2.45) is 0 Å². The van der Waals surface area contributed by atoms with Gasteiger partial charge in [-0.3, -0.25) is 19.1 Å². The molecule has 3 aromatic rings. The zero-order valence-corrected chi connectivity index (χ0v) is 16.3. The lowest BCUT2D eigenvalue weighted by atomic mass is 10.2. The second-order valence-electron chi connectivity index (χ2n) is 7.04. The molecule has 1 aliphatic rings. The van der Waals surface area contributed by atoms with Crippen LogP contribution in [0.5, 0.6) is 0 Å². The first-order valence-corrected chi connectivity index (χ1v) is 9.80. The molecule has 0 bridgehead atoms. The molecule has 0 spiro atoms. The van der Waals surface area contributed by atoms with E-state index in [0.717, 1.165) is 38.4 Å². The van der Waals surface area contributed by atoms with E-state index in [0.29, 0.717) is 25.3 Å². The predicted molar refractivity (Wildman–Crippen MR) is 106 cm³/mol. The van der Waals surface area contributed by atoms with Crippen LogP contribution in [-0.2, 0) is 24.4 Å². The van der Waals surface area contributed by atoms with Gasteiger partial charge in [-0.1, -0.05) is 35.5 Å². The lowest BCUT2D eigenvalue weighted by molar-refractivity contribution is 0.0359. The number of carbonyl (C=O) groups excluding carboxylic acids is 1. The highest BCUT2D eigenvalue weighted by molar-refractivity contribution is 5.91. The summed E-state index contributed by atoms with van der Waals surface area (Å²) >= 11 is 0. The first-order valence-electron chi connectivity index (χ1n) is 9.80. The highest BCUT2D eigenvalue weighted by atomic mass is 16.5. The standard InChI is InChI=1S/C20H25N7O2/c28-20(19-16-26(24-23-19)7-6-25-8-10-29-11-9-25)21-12-18-13-22-27(15-18)14-17-4-2-1-3-5-17/h1-5,13,15-16H,6-12,14H2,(H,21,28). The maximum absolute atomic E-state index is 12.4. The second kappa shape index (κ2) is 9.44. The molecule has 0 radical (unpaired) electrons. The number of nitrogens with zero attached hydrogens (tertiary/aromatic N) is 6. The molecule has 1 aliphatic heterocycles.